The molecule has 0 bridgehead atoms. The molecule has 0 aliphatic heterocycles. The minimum absolute atomic E-state index is 0.0379. The number of aryl methyl sites for hydroxylation is 1. The Morgan fingerprint density at radius 2 is 2.05 bits per heavy atom. The summed E-state index contributed by atoms with van der Waals surface area (Å²) in [7, 11) is -1.80. The van der Waals surface area contributed by atoms with Crippen molar-refractivity contribution in [2.45, 2.75) is 13.0 Å². The lowest BCUT2D eigenvalue weighted by molar-refractivity contribution is 0.182. The number of nitrogens with one attached hydrogen (secondary N) is 1. The first-order chi connectivity index (χ1) is 9.59. The molecule has 2 rings (SSSR count). The molecule has 108 valence electrons. The molecule has 1 aromatic heterocycles. The van der Waals surface area contributed by atoms with Crippen LogP contribution in [0.1, 0.15) is 11.3 Å². The molecule has 0 atom stereocenters. The van der Waals surface area contributed by atoms with Gasteiger partial charge in [0.15, 0.2) is 5.13 Å². The molecule has 0 amide bonds. The van der Waals surface area contributed by atoms with Gasteiger partial charge in [-0.2, -0.15) is 0 Å². The topological polar surface area (TPSA) is 68.3 Å². The molecule has 0 aliphatic carbocycles. The van der Waals surface area contributed by atoms with Crippen LogP contribution < -0.4 is 4.72 Å². The van der Waals surface area contributed by atoms with E-state index in [-0.39, 0.29) is 5.75 Å². The van der Waals surface area contributed by atoms with Gasteiger partial charge in [-0.3, -0.25) is 4.72 Å². The summed E-state index contributed by atoms with van der Waals surface area (Å²) in [6.07, 6.45) is 0.479. The molecule has 0 saturated heterocycles. The van der Waals surface area contributed by atoms with Crippen LogP contribution in [0, 0.1) is 0 Å². The van der Waals surface area contributed by atoms with Gasteiger partial charge in [0.25, 0.3) is 0 Å². The summed E-state index contributed by atoms with van der Waals surface area (Å²) < 4.78 is 31.4. The fourth-order valence-electron chi connectivity index (χ4n) is 1.65. The fraction of sp³-hybridized carbons (Fsp3) is 0.308. The van der Waals surface area contributed by atoms with Crippen LogP contribution in [0.25, 0.3) is 0 Å². The number of hydrogen-bond donors (Lipinski definition) is 1. The first-order valence-corrected chi connectivity index (χ1v) is 8.60. The quantitative estimate of drug-likeness (QED) is 0.851. The third-order valence-corrected chi connectivity index (χ3v) is 4.77. The zero-order valence-corrected chi connectivity index (χ0v) is 12.7. The second-order valence-electron chi connectivity index (χ2n) is 4.23. The van der Waals surface area contributed by atoms with Crippen molar-refractivity contribution in [3.05, 3.63) is 47.0 Å². The van der Waals surface area contributed by atoms with Crippen molar-refractivity contribution in [2.24, 2.45) is 0 Å². The Hall–Kier alpha value is -1.44. The highest BCUT2D eigenvalue weighted by atomic mass is 32.2. The number of sulfonamides is 1. The van der Waals surface area contributed by atoms with E-state index < -0.39 is 10.0 Å². The van der Waals surface area contributed by atoms with E-state index in [2.05, 4.69) is 9.71 Å². The van der Waals surface area contributed by atoms with Gasteiger partial charge in [-0.15, -0.1) is 11.3 Å². The molecule has 5 nitrogen and oxygen atoms in total. The van der Waals surface area contributed by atoms with Gasteiger partial charge in [-0.1, -0.05) is 30.3 Å². The highest BCUT2D eigenvalue weighted by Gasteiger charge is 2.13. The molecule has 1 aromatic carbocycles. The maximum absolute atomic E-state index is 12.0. The molecule has 2 aromatic rings. The maximum Gasteiger partial charge on any atom is 0.234 e. The molecule has 0 unspecified atom stereocenters. The van der Waals surface area contributed by atoms with E-state index in [9.17, 15) is 8.42 Å². The summed E-state index contributed by atoms with van der Waals surface area (Å²) in [6, 6.07) is 9.52. The summed E-state index contributed by atoms with van der Waals surface area (Å²) in [6.45, 7) is 0.377. The van der Waals surface area contributed by atoms with Gasteiger partial charge < -0.3 is 4.74 Å². The van der Waals surface area contributed by atoms with Crippen molar-refractivity contribution in [2.75, 3.05) is 17.6 Å². The van der Waals surface area contributed by atoms with Gasteiger partial charge in [-0.25, -0.2) is 13.4 Å². The van der Waals surface area contributed by atoms with E-state index in [4.69, 9.17) is 4.74 Å². The van der Waals surface area contributed by atoms with Gasteiger partial charge in [0, 0.05) is 12.5 Å². The summed E-state index contributed by atoms with van der Waals surface area (Å²) in [5, 5.41) is 2.16. The second-order valence-corrected chi connectivity index (χ2v) is 6.93. The number of hydrogen-bond acceptors (Lipinski definition) is 5. The van der Waals surface area contributed by atoms with Crippen molar-refractivity contribution in [3.8, 4) is 0 Å². The van der Waals surface area contributed by atoms with Crippen LogP contribution in [0.3, 0.4) is 0 Å². The van der Waals surface area contributed by atoms with Gasteiger partial charge in [-0.05, 0) is 12.0 Å². The number of aromatic nitrogens is 1. The predicted molar refractivity (Wildman–Crippen MR) is 80.4 cm³/mol. The number of benzene rings is 1. The molecule has 0 spiro atoms. The van der Waals surface area contributed by atoms with Crippen LogP contribution in [0.4, 0.5) is 5.13 Å². The van der Waals surface area contributed by atoms with Crippen LogP contribution in [0.2, 0.25) is 0 Å². The Morgan fingerprint density at radius 3 is 2.75 bits per heavy atom. The van der Waals surface area contributed by atoms with Gasteiger partial charge in [0.1, 0.15) is 0 Å². The summed E-state index contributed by atoms with van der Waals surface area (Å²) in [4.78, 5) is 4.14. The summed E-state index contributed by atoms with van der Waals surface area (Å²) in [5.41, 5.74) is 1.72. The number of rotatable bonds is 7. The molecule has 1 N–H and O–H groups in total. The van der Waals surface area contributed by atoms with E-state index >= 15 is 0 Å². The monoisotopic (exact) mass is 312 g/mol. The van der Waals surface area contributed by atoms with E-state index in [1.54, 1.807) is 12.5 Å². The van der Waals surface area contributed by atoms with Crippen molar-refractivity contribution in [3.63, 3.8) is 0 Å². The number of thiazole rings is 1. The molecule has 20 heavy (non-hydrogen) atoms. The highest BCUT2D eigenvalue weighted by molar-refractivity contribution is 7.92. The number of anilines is 1. The highest BCUT2D eigenvalue weighted by Crippen LogP contribution is 2.17. The number of methoxy groups -OCH3 is 1. The molecule has 0 saturated carbocycles. The average Bonchev–Trinajstić information content (AvgIpc) is 2.85. The zero-order valence-electron chi connectivity index (χ0n) is 11.1. The predicted octanol–water partition coefficient (Wildman–Crippen LogP) is 2.27. The largest absolute Gasteiger partial charge is 0.378 e. The molecule has 0 aliphatic rings. The van der Waals surface area contributed by atoms with Crippen molar-refractivity contribution >= 4 is 26.5 Å². The lowest BCUT2D eigenvalue weighted by Crippen LogP contribution is -2.18. The summed E-state index contributed by atoms with van der Waals surface area (Å²) in [5.74, 6) is 0.0379. The first-order valence-electron chi connectivity index (χ1n) is 6.07. The minimum Gasteiger partial charge on any atom is -0.378 e. The van der Waals surface area contributed by atoms with Crippen LogP contribution in [-0.2, 0) is 27.8 Å². The lowest BCUT2D eigenvalue weighted by Gasteiger charge is -2.05. The normalized spacial score (nSPS) is 11.4. The van der Waals surface area contributed by atoms with Gasteiger partial charge in [0.2, 0.25) is 10.0 Å². The van der Waals surface area contributed by atoms with E-state index in [1.165, 1.54) is 11.3 Å². The van der Waals surface area contributed by atoms with Crippen LogP contribution in [0.15, 0.2) is 35.7 Å². The van der Waals surface area contributed by atoms with Gasteiger partial charge in [0.05, 0.1) is 18.1 Å². The first kappa shape index (κ1) is 15.0. The number of ether oxygens (including phenoxy) is 1. The van der Waals surface area contributed by atoms with Crippen molar-refractivity contribution in [1.29, 1.82) is 0 Å². The standard InChI is InChI=1S/C13H16N2O3S2/c1-18-9-12-10-19-13(14-12)15-20(16,17)8-7-11-5-3-2-4-6-11/h2-6,10H,7-9H2,1H3,(H,14,15). The van der Waals surface area contributed by atoms with Gasteiger partial charge >= 0.3 is 0 Å². The smallest absolute Gasteiger partial charge is 0.234 e. The Labute approximate surface area is 122 Å². The van der Waals surface area contributed by atoms with Crippen LogP contribution >= 0.6 is 11.3 Å². The van der Waals surface area contributed by atoms with E-state index in [1.807, 2.05) is 30.3 Å². The third kappa shape index (κ3) is 4.59. The Morgan fingerprint density at radius 1 is 1.30 bits per heavy atom. The fourth-order valence-corrected chi connectivity index (χ4v) is 3.68. The molecular weight excluding hydrogens is 296 g/mol. The molecule has 0 radical (unpaired) electrons. The van der Waals surface area contributed by atoms with Crippen LogP contribution in [0.5, 0.6) is 0 Å². The maximum atomic E-state index is 12.0. The molecule has 7 heteroatoms. The Balaban J connectivity index is 1.93. The SMILES string of the molecule is COCc1csc(NS(=O)(=O)CCc2ccccc2)n1. The second kappa shape index (κ2) is 6.83. The number of nitrogens with zero attached hydrogens (tertiary/aromatic N) is 1. The van der Waals surface area contributed by atoms with E-state index in [0.717, 1.165) is 11.3 Å². The zero-order chi connectivity index (χ0) is 14.4. The molecule has 1 heterocycles. The Bertz CT molecular complexity index is 639. The lowest BCUT2D eigenvalue weighted by atomic mass is 10.2. The van der Waals surface area contributed by atoms with Crippen molar-refractivity contribution in [1.82, 2.24) is 4.98 Å². The molecular formula is C13H16N2O3S2. The average molecular weight is 312 g/mol. The van der Waals surface area contributed by atoms with Crippen molar-refractivity contribution < 1.29 is 13.2 Å². The molecule has 0 fully saturated rings. The Kier molecular flexibility index (Phi) is 5.11. The third-order valence-electron chi connectivity index (χ3n) is 2.59. The minimum atomic E-state index is -3.38. The van der Waals surface area contributed by atoms with E-state index in [0.29, 0.717) is 18.2 Å². The summed E-state index contributed by atoms with van der Waals surface area (Å²) >= 11 is 1.26. The van der Waals surface area contributed by atoms with Crippen LogP contribution in [-0.4, -0.2) is 26.3 Å².